The van der Waals surface area contributed by atoms with Gasteiger partial charge in [-0.15, -0.1) is 5.10 Å². The molecule has 0 saturated heterocycles. The van der Waals surface area contributed by atoms with E-state index in [0.717, 1.165) is 0 Å². The van der Waals surface area contributed by atoms with Crippen molar-refractivity contribution in [2.75, 3.05) is 0 Å². The lowest BCUT2D eigenvalue weighted by Crippen LogP contribution is -2.02. The molecule has 0 spiro atoms. The maximum atomic E-state index is 13.6. The highest BCUT2D eigenvalue weighted by molar-refractivity contribution is 5.85. The average molecular weight is 258 g/mol. The second-order valence-corrected chi connectivity index (χ2v) is 3.78. The molecule has 1 N–H and O–H groups in total. The van der Waals surface area contributed by atoms with Crippen molar-refractivity contribution in [2.45, 2.75) is 0 Å². The second-order valence-electron chi connectivity index (χ2n) is 3.78. The Morgan fingerprint density at radius 3 is 2.74 bits per heavy atom. The van der Waals surface area contributed by atoms with Crippen molar-refractivity contribution >= 4 is 11.7 Å². The maximum Gasteiger partial charge on any atom is 0.354 e. The van der Waals surface area contributed by atoms with E-state index in [4.69, 9.17) is 5.11 Å². The molecule has 2 heterocycles. The van der Waals surface area contributed by atoms with Crippen LogP contribution in [-0.4, -0.2) is 30.7 Å². The Morgan fingerprint density at radius 1 is 1.21 bits per heavy atom. The summed E-state index contributed by atoms with van der Waals surface area (Å²) < 4.78 is 14.9. The summed E-state index contributed by atoms with van der Waals surface area (Å²) in [6, 6.07) is 7.38. The molecule has 3 aromatic rings. The van der Waals surface area contributed by atoms with E-state index in [1.54, 1.807) is 18.2 Å². The molecule has 3 rings (SSSR count). The molecule has 0 radical (unpaired) electrons. The molecule has 0 bridgehead atoms. The van der Waals surface area contributed by atoms with Crippen LogP contribution in [0.15, 0.2) is 36.5 Å². The highest BCUT2D eigenvalue weighted by atomic mass is 19.1. The van der Waals surface area contributed by atoms with Crippen LogP contribution in [0.25, 0.3) is 17.2 Å². The Hall–Kier alpha value is -2.83. The predicted molar refractivity (Wildman–Crippen MR) is 63.1 cm³/mol. The van der Waals surface area contributed by atoms with E-state index in [0.29, 0.717) is 0 Å². The van der Waals surface area contributed by atoms with Gasteiger partial charge in [0.05, 0.1) is 5.56 Å². The number of nitrogens with zero attached hydrogens (tertiary/aromatic N) is 4. The van der Waals surface area contributed by atoms with Gasteiger partial charge in [-0.05, 0) is 18.2 Å². The normalized spacial score (nSPS) is 10.8. The summed E-state index contributed by atoms with van der Waals surface area (Å²) in [5.41, 5.74) is 0.102. The van der Waals surface area contributed by atoms with Gasteiger partial charge in [0.15, 0.2) is 11.5 Å². The molecule has 0 aliphatic heterocycles. The Morgan fingerprint density at radius 2 is 2.00 bits per heavy atom. The van der Waals surface area contributed by atoms with Gasteiger partial charge in [0.2, 0.25) is 0 Å². The molecule has 2 aromatic heterocycles. The summed E-state index contributed by atoms with van der Waals surface area (Å²) in [5.74, 6) is -1.33. The third-order valence-electron chi connectivity index (χ3n) is 2.54. The summed E-state index contributed by atoms with van der Waals surface area (Å²) >= 11 is 0. The first kappa shape index (κ1) is 11.3. The average Bonchev–Trinajstić information content (AvgIpc) is 2.81. The van der Waals surface area contributed by atoms with Crippen LogP contribution in [0.4, 0.5) is 4.39 Å². The van der Waals surface area contributed by atoms with E-state index in [9.17, 15) is 9.18 Å². The molecule has 94 valence electrons. The number of carboxylic acid groups (broad SMARTS) is 1. The summed E-state index contributed by atoms with van der Waals surface area (Å²) in [7, 11) is 0. The first-order valence-electron chi connectivity index (χ1n) is 5.37. The van der Waals surface area contributed by atoms with Crippen LogP contribution in [0.3, 0.4) is 0 Å². The lowest BCUT2D eigenvalue weighted by atomic mass is 10.2. The van der Waals surface area contributed by atoms with Crippen molar-refractivity contribution in [3.05, 3.63) is 48.0 Å². The number of halogens is 1. The molecule has 19 heavy (non-hydrogen) atoms. The number of rotatable bonds is 2. The van der Waals surface area contributed by atoms with Gasteiger partial charge in [0, 0.05) is 6.20 Å². The maximum absolute atomic E-state index is 13.6. The van der Waals surface area contributed by atoms with Crippen molar-refractivity contribution in [2.24, 2.45) is 0 Å². The first-order chi connectivity index (χ1) is 9.15. The van der Waals surface area contributed by atoms with Crippen molar-refractivity contribution in [3.63, 3.8) is 0 Å². The smallest absolute Gasteiger partial charge is 0.354 e. The molecule has 0 fully saturated rings. The van der Waals surface area contributed by atoms with E-state index >= 15 is 0 Å². The minimum atomic E-state index is -1.15. The fourth-order valence-electron chi connectivity index (χ4n) is 1.65. The highest BCUT2D eigenvalue weighted by Crippen LogP contribution is 2.19. The zero-order valence-electron chi connectivity index (χ0n) is 9.49. The molecule has 0 atom stereocenters. The highest BCUT2D eigenvalue weighted by Gasteiger charge is 2.13. The number of benzene rings is 1. The Labute approximate surface area is 106 Å². The largest absolute Gasteiger partial charge is 0.477 e. The van der Waals surface area contributed by atoms with Gasteiger partial charge in [-0.3, -0.25) is 0 Å². The number of fused-ring (bicyclic) bond motifs is 1. The second kappa shape index (κ2) is 4.13. The third kappa shape index (κ3) is 1.90. The molecular formula is C12H7FN4O2. The summed E-state index contributed by atoms with van der Waals surface area (Å²) in [6.07, 6.45) is 1.42. The van der Waals surface area contributed by atoms with Crippen LogP contribution in [0.1, 0.15) is 10.5 Å². The van der Waals surface area contributed by atoms with Crippen LogP contribution >= 0.6 is 0 Å². The number of aromatic carboxylic acids is 1. The van der Waals surface area contributed by atoms with Crippen molar-refractivity contribution in [3.8, 4) is 11.4 Å². The minimum absolute atomic E-state index is 0.109. The molecule has 0 saturated carbocycles. The summed E-state index contributed by atoms with van der Waals surface area (Å²) in [5, 5.41) is 12.9. The fraction of sp³-hybridized carbons (Fsp3) is 0. The SMILES string of the molecule is O=C(O)c1ccn2nc(-c3ccccc3F)nc2n1. The van der Waals surface area contributed by atoms with Gasteiger partial charge >= 0.3 is 5.97 Å². The monoisotopic (exact) mass is 258 g/mol. The van der Waals surface area contributed by atoms with Crippen LogP contribution in [-0.2, 0) is 0 Å². The topological polar surface area (TPSA) is 80.4 Å². The van der Waals surface area contributed by atoms with Crippen LogP contribution in [0, 0.1) is 5.82 Å². The zero-order chi connectivity index (χ0) is 13.4. The van der Waals surface area contributed by atoms with Gasteiger partial charge in [-0.1, -0.05) is 12.1 Å². The lowest BCUT2D eigenvalue weighted by molar-refractivity contribution is 0.0690. The fourth-order valence-corrected chi connectivity index (χ4v) is 1.65. The molecule has 0 aliphatic carbocycles. The third-order valence-corrected chi connectivity index (χ3v) is 2.54. The van der Waals surface area contributed by atoms with E-state index in [-0.39, 0.29) is 22.9 Å². The van der Waals surface area contributed by atoms with Gasteiger partial charge < -0.3 is 5.11 Å². The lowest BCUT2D eigenvalue weighted by Gasteiger charge is -1.95. The van der Waals surface area contributed by atoms with Gasteiger partial charge in [0.25, 0.3) is 5.78 Å². The van der Waals surface area contributed by atoms with Crippen molar-refractivity contribution in [1.82, 2.24) is 19.6 Å². The molecule has 0 unspecified atom stereocenters. The molecule has 7 heteroatoms. The molecular weight excluding hydrogens is 251 g/mol. The number of carboxylic acids is 1. The molecule has 1 aromatic carbocycles. The number of hydrogen-bond donors (Lipinski definition) is 1. The summed E-state index contributed by atoms with van der Waals surface area (Å²) in [6.45, 7) is 0. The minimum Gasteiger partial charge on any atom is -0.477 e. The van der Waals surface area contributed by atoms with Crippen LogP contribution in [0.5, 0.6) is 0 Å². The number of hydrogen-bond acceptors (Lipinski definition) is 4. The molecule has 0 aliphatic rings. The van der Waals surface area contributed by atoms with Gasteiger partial charge in [-0.25, -0.2) is 18.7 Å². The molecule has 0 amide bonds. The molecule has 6 nitrogen and oxygen atoms in total. The standard InChI is InChI=1S/C12H7FN4O2/c13-8-4-2-1-3-7(8)10-15-12-14-9(11(18)19)5-6-17(12)16-10/h1-6H,(H,18,19). The number of carbonyl (C=O) groups is 1. The van der Waals surface area contributed by atoms with Crippen LogP contribution in [0.2, 0.25) is 0 Å². The zero-order valence-corrected chi connectivity index (χ0v) is 9.49. The Balaban J connectivity index is 2.17. The van der Waals surface area contributed by atoms with E-state index < -0.39 is 11.8 Å². The van der Waals surface area contributed by atoms with E-state index in [1.165, 1.54) is 22.8 Å². The first-order valence-corrected chi connectivity index (χ1v) is 5.37. The Kier molecular flexibility index (Phi) is 2.45. The van der Waals surface area contributed by atoms with E-state index in [2.05, 4.69) is 15.1 Å². The van der Waals surface area contributed by atoms with Crippen molar-refractivity contribution in [1.29, 1.82) is 0 Å². The van der Waals surface area contributed by atoms with Gasteiger partial charge in [-0.2, -0.15) is 4.98 Å². The van der Waals surface area contributed by atoms with Crippen molar-refractivity contribution < 1.29 is 14.3 Å². The predicted octanol–water partition coefficient (Wildman–Crippen LogP) is 1.63. The van der Waals surface area contributed by atoms with E-state index in [1.807, 2.05) is 0 Å². The Bertz CT molecular complexity index is 784. The summed E-state index contributed by atoms with van der Waals surface area (Å²) in [4.78, 5) is 18.6. The quantitative estimate of drug-likeness (QED) is 0.755. The van der Waals surface area contributed by atoms with Crippen LogP contribution < -0.4 is 0 Å². The number of aromatic nitrogens is 4. The van der Waals surface area contributed by atoms with Gasteiger partial charge in [0.1, 0.15) is 5.82 Å².